The summed E-state index contributed by atoms with van der Waals surface area (Å²) in [4.78, 5) is 0. The van der Waals surface area contributed by atoms with Gasteiger partial charge in [0.25, 0.3) is 0 Å². The lowest BCUT2D eigenvalue weighted by Crippen LogP contribution is -2.04. The molecule has 1 unspecified atom stereocenters. The molecule has 0 saturated carbocycles. The molecule has 0 heterocycles. The molecule has 0 radical (unpaired) electrons. The normalized spacial score (nSPS) is 21.0. The van der Waals surface area contributed by atoms with Crippen molar-refractivity contribution in [3.05, 3.63) is 41.5 Å². The molecule has 86 valence electrons. The van der Waals surface area contributed by atoms with Crippen molar-refractivity contribution >= 4 is 17.2 Å². The summed E-state index contributed by atoms with van der Waals surface area (Å²) in [7, 11) is 0. The Kier molecular flexibility index (Phi) is 2.98. The highest BCUT2D eigenvalue weighted by Gasteiger charge is 2.30. The Morgan fingerprint density at radius 1 is 1.12 bits per heavy atom. The van der Waals surface area contributed by atoms with E-state index in [1.54, 1.807) is 0 Å². The van der Waals surface area contributed by atoms with Crippen LogP contribution in [0.4, 0.5) is 13.2 Å². The Bertz CT molecular complexity index is 403. The summed E-state index contributed by atoms with van der Waals surface area (Å²) < 4.78 is 37.0. The third-order valence-corrected chi connectivity index (χ3v) is 3.00. The molecule has 0 saturated heterocycles. The van der Waals surface area contributed by atoms with Crippen molar-refractivity contribution in [1.29, 1.82) is 0 Å². The Morgan fingerprint density at radius 3 is 2.19 bits per heavy atom. The van der Waals surface area contributed by atoms with Crippen LogP contribution in [0.1, 0.15) is 24.0 Å². The van der Waals surface area contributed by atoms with E-state index in [4.69, 9.17) is 11.6 Å². The zero-order valence-corrected chi connectivity index (χ0v) is 9.15. The van der Waals surface area contributed by atoms with Crippen molar-refractivity contribution in [1.82, 2.24) is 0 Å². The predicted molar refractivity (Wildman–Crippen MR) is 58.3 cm³/mol. The van der Waals surface area contributed by atoms with Crippen LogP contribution in [0.5, 0.6) is 0 Å². The largest absolute Gasteiger partial charge is 0.416 e. The van der Waals surface area contributed by atoms with Crippen LogP contribution in [0.15, 0.2) is 30.3 Å². The van der Waals surface area contributed by atoms with E-state index < -0.39 is 11.7 Å². The summed E-state index contributed by atoms with van der Waals surface area (Å²) in [6.45, 7) is 0. The van der Waals surface area contributed by atoms with Crippen molar-refractivity contribution < 1.29 is 13.2 Å². The molecule has 0 nitrogen and oxygen atoms in total. The second-order valence-electron chi connectivity index (χ2n) is 3.82. The summed E-state index contributed by atoms with van der Waals surface area (Å²) in [6.07, 6.45) is -0.667. The lowest BCUT2D eigenvalue weighted by Gasteiger charge is -2.07. The fraction of sp³-hybridized carbons (Fsp3) is 0.333. The van der Waals surface area contributed by atoms with Crippen LogP contribution in [-0.2, 0) is 6.18 Å². The van der Waals surface area contributed by atoms with Gasteiger partial charge in [-0.1, -0.05) is 18.2 Å². The highest BCUT2D eigenvalue weighted by Crippen LogP contribution is 2.33. The topological polar surface area (TPSA) is 0 Å². The van der Waals surface area contributed by atoms with Gasteiger partial charge in [0.15, 0.2) is 0 Å². The van der Waals surface area contributed by atoms with Gasteiger partial charge in [0.1, 0.15) is 0 Å². The van der Waals surface area contributed by atoms with Gasteiger partial charge in [-0.25, -0.2) is 0 Å². The minimum absolute atomic E-state index is 0.0114. The molecule has 0 N–H and O–H groups in total. The molecule has 4 heteroatoms. The van der Waals surface area contributed by atoms with Gasteiger partial charge in [0.05, 0.1) is 10.9 Å². The summed E-state index contributed by atoms with van der Waals surface area (Å²) in [5.74, 6) is 0. The fourth-order valence-corrected chi connectivity index (χ4v) is 2.05. The molecule has 1 aliphatic carbocycles. The molecular formula is C12H10ClF3. The maximum Gasteiger partial charge on any atom is 0.416 e. The molecule has 1 aromatic carbocycles. The smallest absolute Gasteiger partial charge is 0.166 e. The van der Waals surface area contributed by atoms with Gasteiger partial charge >= 0.3 is 6.18 Å². The molecule has 0 aliphatic heterocycles. The van der Waals surface area contributed by atoms with Crippen LogP contribution in [0.2, 0.25) is 0 Å². The van der Waals surface area contributed by atoms with Crippen LogP contribution in [0, 0.1) is 0 Å². The summed E-state index contributed by atoms with van der Waals surface area (Å²) >= 11 is 5.90. The quantitative estimate of drug-likeness (QED) is 0.641. The third kappa shape index (κ3) is 2.40. The molecular weight excluding hydrogens is 237 g/mol. The second kappa shape index (κ2) is 4.13. The Morgan fingerprint density at radius 2 is 1.75 bits per heavy atom. The Hall–Kier alpha value is -0.960. The van der Waals surface area contributed by atoms with Crippen LogP contribution in [0.3, 0.4) is 0 Å². The van der Waals surface area contributed by atoms with Gasteiger partial charge in [0.2, 0.25) is 0 Å². The average Bonchev–Trinajstić information content (AvgIpc) is 2.64. The second-order valence-corrected chi connectivity index (χ2v) is 4.38. The van der Waals surface area contributed by atoms with Crippen molar-refractivity contribution in [2.45, 2.75) is 24.4 Å². The summed E-state index contributed by atoms with van der Waals surface area (Å²) in [5.41, 5.74) is 1.25. The highest BCUT2D eigenvalue weighted by atomic mass is 35.5. The first kappa shape index (κ1) is 11.5. The first-order valence-corrected chi connectivity index (χ1v) is 5.43. The molecule has 1 atom stereocenters. The molecule has 0 aromatic heterocycles. The van der Waals surface area contributed by atoms with Crippen molar-refractivity contribution in [3.8, 4) is 0 Å². The van der Waals surface area contributed by atoms with Gasteiger partial charge in [0, 0.05) is 0 Å². The molecule has 1 aliphatic rings. The maximum absolute atomic E-state index is 12.3. The Labute approximate surface area is 96.7 Å². The average molecular weight is 247 g/mol. The van der Waals surface area contributed by atoms with E-state index in [0.29, 0.717) is 0 Å². The SMILES string of the molecule is FC(F)(F)c1ccc(C2=CC(Cl)CC2)cc1. The third-order valence-electron chi connectivity index (χ3n) is 2.65. The fourth-order valence-electron chi connectivity index (χ4n) is 1.79. The number of hydrogen-bond donors (Lipinski definition) is 0. The first-order valence-electron chi connectivity index (χ1n) is 4.99. The standard InChI is InChI=1S/C12H10ClF3/c13-11-6-3-9(7-11)8-1-4-10(5-2-8)12(14,15)16/h1-2,4-5,7,11H,3,6H2. The zero-order chi connectivity index (χ0) is 11.8. The molecule has 0 amide bonds. The maximum atomic E-state index is 12.3. The van der Waals surface area contributed by atoms with Crippen LogP contribution in [-0.4, -0.2) is 5.38 Å². The van der Waals surface area contributed by atoms with Crippen molar-refractivity contribution in [3.63, 3.8) is 0 Å². The van der Waals surface area contributed by atoms with Crippen LogP contribution < -0.4 is 0 Å². The summed E-state index contributed by atoms with van der Waals surface area (Å²) in [5, 5.41) is 0.0114. The van der Waals surface area contributed by atoms with E-state index in [1.807, 2.05) is 6.08 Å². The van der Waals surface area contributed by atoms with Gasteiger partial charge in [-0.05, 0) is 36.1 Å². The monoisotopic (exact) mass is 246 g/mol. The van der Waals surface area contributed by atoms with Crippen molar-refractivity contribution in [2.24, 2.45) is 0 Å². The van der Waals surface area contributed by atoms with Crippen LogP contribution in [0.25, 0.3) is 5.57 Å². The molecule has 0 bridgehead atoms. The Balaban J connectivity index is 2.23. The van der Waals surface area contributed by atoms with E-state index in [1.165, 1.54) is 12.1 Å². The number of hydrogen-bond acceptors (Lipinski definition) is 0. The van der Waals surface area contributed by atoms with Crippen LogP contribution >= 0.6 is 11.6 Å². The number of allylic oxidation sites excluding steroid dienone is 2. The number of benzene rings is 1. The summed E-state index contributed by atoms with van der Waals surface area (Å²) in [6, 6.07) is 5.22. The van der Waals surface area contributed by atoms with E-state index in [-0.39, 0.29) is 5.38 Å². The van der Waals surface area contributed by atoms with E-state index >= 15 is 0 Å². The first-order chi connectivity index (χ1) is 7.47. The molecule has 16 heavy (non-hydrogen) atoms. The number of halogens is 4. The van der Waals surface area contributed by atoms with E-state index in [2.05, 4.69) is 0 Å². The van der Waals surface area contributed by atoms with E-state index in [9.17, 15) is 13.2 Å². The zero-order valence-electron chi connectivity index (χ0n) is 8.39. The lowest BCUT2D eigenvalue weighted by molar-refractivity contribution is -0.137. The van der Waals surface area contributed by atoms with Gasteiger partial charge in [-0.2, -0.15) is 13.2 Å². The minimum atomic E-state index is -4.27. The molecule has 1 aromatic rings. The van der Waals surface area contributed by atoms with Gasteiger partial charge in [-0.15, -0.1) is 11.6 Å². The minimum Gasteiger partial charge on any atom is -0.166 e. The van der Waals surface area contributed by atoms with Gasteiger partial charge in [-0.3, -0.25) is 0 Å². The predicted octanol–water partition coefficient (Wildman–Crippen LogP) is 4.49. The number of alkyl halides is 4. The van der Waals surface area contributed by atoms with Crippen molar-refractivity contribution in [2.75, 3.05) is 0 Å². The lowest BCUT2D eigenvalue weighted by atomic mass is 10.0. The highest BCUT2D eigenvalue weighted by molar-refractivity contribution is 6.22. The van der Waals surface area contributed by atoms with E-state index in [0.717, 1.165) is 36.1 Å². The molecule has 0 spiro atoms. The molecule has 0 fully saturated rings. The van der Waals surface area contributed by atoms with Gasteiger partial charge < -0.3 is 0 Å². The number of rotatable bonds is 1. The molecule has 2 rings (SSSR count).